The van der Waals surface area contributed by atoms with Crippen LogP contribution in [0, 0.1) is 0 Å². The van der Waals surface area contributed by atoms with Crippen LogP contribution < -0.4 is 9.64 Å². The molecule has 3 aliphatic rings. The number of methoxy groups -OCH3 is 1. The first-order valence-corrected chi connectivity index (χ1v) is 12.6. The molecule has 1 spiro atoms. The number of rotatable bonds is 7. The Bertz CT molecular complexity index is 1250. The third kappa shape index (κ3) is 3.89. The number of carbonyl (C=O) groups is 3. The van der Waals surface area contributed by atoms with Crippen LogP contribution in [0.1, 0.15) is 24.5 Å². The van der Waals surface area contributed by atoms with Crippen LogP contribution in [0.3, 0.4) is 0 Å². The minimum atomic E-state index is -1.73. The molecule has 2 saturated heterocycles. The van der Waals surface area contributed by atoms with Crippen molar-refractivity contribution in [1.29, 1.82) is 0 Å². The second-order valence-electron chi connectivity index (χ2n) is 9.32. The molecule has 2 amide bonds. The van der Waals surface area contributed by atoms with E-state index in [1.54, 1.807) is 41.3 Å². The van der Waals surface area contributed by atoms with Gasteiger partial charge in [-0.05, 0) is 43.7 Å². The normalized spacial score (nSPS) is 23.2. The van der Waals surface area contributed by atoms with Gasteiger partial charge in [-0.15, -0.1) is 0 Å². The number of benzene rings is 2. The Hall–Kier alpha value is -3.69. The Morgan fingerprint density at radius 3 is 2.41 bits per heavy atom. The van der Waals surface area contributed by atoms with E-state index in [1.807, 2.05) is 19.1 Å². The molecule has 0 aromatic heterocycles. The number of nitrogens with zero attached hydrogens (tertiary/aromatic N) is 3. The fourth-order valence-electron chi connectivity index (χ4n) is 5.65. The number of hydrogen-bond acceptors (Lipinski definition) is 7. The number of likely N-dealkylation sites (tertiary alicyclic amines) is 1. The van der Waals surface area contributed by atoms with Gasteiger partial charge in [0, 0.05) is 43.9 Å². The fraction of sp³-hybridized carbons (Fsp3) is 0.393. The first-order chi connectivity index (χ1) is 17.9. The highest BCUT2D eigenvalue weighted by Crippen LogP contribution is 2.53. The summed E-state index contributed by atoms with van der Waals surface area (Å²) >= 11 is 0. The van der Waals surface area contributed by atoms with Crippen molar-refractivity contribution in [3.05, 3.63) is 65.2 Å². The zero-order valence-electron chi connectivity index (χ0n) is 21.1. The minimum absolute atomic E-state index is 0.192. The summed E-state index contributed by atoms with van der Waals surface area (Å²) in [5.74, 6) is -1.84. The molecule has 9 heteroatoms. The van der Waals surface area contributed by atoms with Gasteiger partial charge in [-0.3, -0.25) is 19.3 Å². The molecule has 3 heterocycles. The molecule has 1 atom stereocenters. The highest BCUT2D eigenvalue weighted by molar-refractivity contribution is 6.50. The standard InChI is InChI=1S/C28H31N3O6/c1-3-30-22-8-5-4-7-21(22)28(27(30)35)23(24(32)19-9-11-20(36-2)12-10-19)25(33)26(34)31(28)14-6-13-29-15-17-37-18-16-29/h4-5,7-12,32H,3,6,13-18H2,1-2H3/t28-/m1/s1. The number of carbonyl (C=O) groups excluding carboxylic acids is 3. The van der Waals surface area contributed by atoms with Crippen molar-refractivity contribution in [3.63, 3.8) is 0 Å². The Morgan fingerprint density at radius 1 is 1.03 bits per heavy atom. The van der Waals surface area contributed by atoms with Gasteiger partial charge in [0.05, 0.1) is 31.6 Å². The number of Topliss-reactive ketones (excluding diaryl/α,β-unsaturated/α-hetero) is 1. The van der Waals surface area contributed by atoms with Gasteiger partial charge in [0.25, 0.3) is 17.6 Å². The second-order valence-corrected chi connectivity index (χ2v) is 9.32. The van der Waals surface area contributed by atoms with Crippen molar-refractivity contribution < 1.29 is 29.0 Å². The molecule has 0 bridgehead atoms. The average Bonchev–Trinajstić information content (AvgIpc) is 3.31. The van der Waals surface area contributed by atoms with Gasteiger partial charge in [-0.2, -0.15) is 0 Å². The summed E-state index contributed by atoms with van der Waals surface area (Å²) in [4.78, 5) is 46.6. The van der Waals surface area contributed by atoms with E-state index < -0.39 is 23.1 Å². The maximum atomic E-state index is 14.2. The van der Waals surface area contributed by atoms with Crippen molar-refractivity contribution in [2.24, 2.45) is 0 Å². The van der Waals surface area contributed by atoms with Gasteiger partial charge in [0.15, 0.2) is 5.54 Å². The van der Waals surface area contributed by atoms with E-state index in [0.29, 0.717) is 55.3 Å². The average molecular weight is 506 g/mol. The topological polar surface area (TPSA) is 99.6 Å². The van der Waals surface area contributed by atoms with E-state index >= 15 is 0 Å². The third-order valence-corrected chi connectivity index (χ3v) is 7.45. The van der Waals surface area contributed by atoms with Crippen molar-refractivity contribution in [3.8, 4) is 5.75 Å². The van der Waals surface area contributed by atoms with Crippen molar-refractivity contribution >= 4 is 29.0 Å². The lowest BCUT2D eigenvalue weighted by Crippen LogP contribution is -2.52. The van der Waals surface area contributed by atoms with Crippen molar-refractivity contribution in [2.45, 2.75) is 18.9 Å². The van der Waals surface area contributed by atoms with E-state index in [1.165, 1.54) is 12.0 Å². The predicted octanol–water partition coefficient (Wildman–Crippen LogP) is 2.36. The fourth-order valence-corrected chi connectivity index (χ4v) is 5.65. The maximum Gasteiger partial charge on any atom is 0.296 e. The number of para-hydroxylation sites is 1. The number of anilines is 1. The zero-order chi connectivity index (χ0) is 26.2. The molecule has 194 valence electrons. The predicted molar refractivity (Wildman–Crippen MR) is 137 cm³/mol. The van der Waals surface area contributed by atoms with E-state index in [2.05, 4.69) is 4.90 Å². The smallest absolute Gasteiger partial charge is 0.296 e. The number of aliphatic hydroxyl groups excluding tert-OH is 1. The molecule has 2 aromatic carbocycles. The molecule has 2 aromatic rings. The summed E-state index contributed by atoms with van der Waals surface area (Å²) in [6.07, 6.45) is 0.568. The van der Waals surface area contributed by atoms with E-state index in [-0.39, 0.29) is 17.9 Å². The number of aliphatic hydroxyl groups is 1. The van der Waals surface area contributed by atoms with Gasteiger partial charge in [0.1, 0.15) is 11.5 Å². The molecule has 1 N–H and O–H groups in total. The lowest BCUT2D eigenvalue weighted by Gasteiger charge is -2.35. The number of hydrogen-bond donors (Lipinski definition) is 1. The van der Waals surface area contributed by atoms with Crippen molar-refractivity contribution in [2.75, 3.05) is 57.9 Å². The van der Waals surface area contributed by atoms with Crippen LogP contribution in [0.5, 0.6) is 5.75 Å². The number of fused-ring (bicyclic) bond motifs is 2. The molecule has 37 heavy (non-hydrogen) atoms. The number of morpholine rings is 1. The molecule has 2 fully saturated rings. The van der Waals surface area contributed by atoms with Gasteiger partial charge < -0.3 is 24.4 Å². The SMILES string of the molecule is CCN1C(=O)[C@]2(C(=C(O)c3ccc(OC)cc3)C(=O)C(=O)N2CCCN2CCOCC2)c2ccccc21. The molecular formula is C28H31N3O6. The van der Waals surface area contributed by atoms with Gasteiger partial charge >= 0.3 is 0 Å². The Morgan fingerprint density at radius 2 is 1.73 bits per heavy atom. The van der Waals surface area contributed by atoms with Gasteiger partial charge in [-0.1, -0.05) is 18.2 Å². The minimum Gasteiger partial charge on any atom is -0.507 e. The lowest BCUT2D eigenvalue weighted by atomic mass is 9.82. The Balaban J connectivity index is 1.63. The Labute approximate surface area is 215 Å². The molecule has 0 radical (unpaired) electrons. The summed E-state index contributed by atoms with van der Waals surface area (Å²) in [7, 11) is 1.53. The molecule has 5 rings (SSSR count). The van der Waals surface area contributed by atoms with Crippen LogP contribution >= 0.6 is 0 Å². The quantitative estimate of drug-likeness (QED) is 0.350. The summed E-state index contributed by atoms with van der Waals surface area (Å²) in [5.41, 5.74) is -0.428. The number of amides is 2. The summed E-state index contributed by atoms with van der Waals surface area (Å²) in [6.45, 7) is 6.02. The monoisotopic (exact) mass is 505 g/mol. The van der Waals surface area contributed by atoms with E-state index in [4.69, 9.17) is 9.47 Å². The highest BCUT2D eigenvalue weighted by Gasteiger charge is 2.66. The van der Waals surface area contributed by atoms with E-state index in [0.717, 1.165) is 13.1 Å². The van der Waals surface area contributed by atoms with Gasteiger partial charge in [-0.25, -0.2) is 0 Å². The molecule has 0 unspecified atom stereocenters. The highest BCUT2D eigenvalue weighted by atomic mass is 16.5. The largest absolute Gasteiger partial charge is 0.507 e. The zero-order valence-corrected chi connectivity index (χ0v) is 21.1. The number of ether oxygens (including phenoxy) is 2. The number of likely N-dealkylation sites (N-methyl/N-ethyl adjacent to an activating group) is 1. The third-order valence-electron chi connectivity index (χ3n) is 7.45. The lowest BCUT2D eigenvalue weighted by molar-refractivity contribution is -0.143. The summed E-state index contributed by atoms with van der Waals surface area (Å²) in [5, 5.41) is 11.5. The molecule has 3 aliphatic heterocycles. The first-order valence-electron chi connectivity index (χ1n) is 12.6. The van der Waals surface area contributed by atoms with Crippen LogP contribution in [0.15, 0.2) is 54.1 Å². The van der Waals surface area contributed by atoms with Crippen molar-refractivity contribution in [1.82, 2.24) is 9.80 Å². The second kappa shape index (κ2) is 9.99. The van der Waals surface area contributed by atoms with Crippen LogP contribution in [0.25, 0.3) is 5.76 Å². The summed E-state index contributed by atoms with van der Waals surface area (Å²) in [6, 6.07) is 13.7. The summed E-state index contributed by atoms with van der Waals surface area (Å²) < 4.78 is 10.6. The molecular weight excluding hydrogens is 474 g/mol. The van der Waals surface area contributed by atoms with Gasteiger partial charge in [0.2, 0.25) is 0 Å². The number of ketones is 1. The van der Waals surface area contributed by atoms with Crippen LogP contribution in [-0.4, -0.2) is 85.6 Å². The first kappa shape index (κ1) is 25.0. The van der Waals surface area contributed by atoms with E-state index in [9.17, 15) is 19.5 Å². The van der Waals surface area contributed by atoms with Crippen LogP contribution in [-0.2, 0) is 24.7 Å². The van der Waals surface area contributed by atoms with Crippen LogP contribution in [0.2, 0.25) is 0 Å². The molecule has 9 nitrogen and oxygen atoms in total. The molecule has 0 saturated carbocycles. The van der Waals surface area contributed by atoms with Crippen LogP contribution in [0.4, 0.5) is 5.69 Å². The Kier molecular flexibility index (Phi) is 6.74. The maximum absolute atomic E-state index is 14.2. The molecule has 0 aliphatic carbocycles.